The molecular formula is C6H4ClF2NO4S. The number of aromatic hydroxyl groups is 1. The number of H-pyrrole nitrogens is 1. The Morgan fingerprint density at radius 2 is 2.00 bits per heavy atom. The van der Waals surface area contributed by atoms with Crippen molar-refractivity contribution in [3.8, 4) is 5.75 Å². The van der Waals surface area contributed by atoms with Gasteiger partial charge in [0.15, 0.2) is 0 Å². The average Bonchev–Trinajstić information content (AvgIpc) is 2.06. The van der Waals surface area contributed by atoms with Gasteiger partial charge >= 0.3 is 0 Å². The molecule has 1 aromatic heterocycles. The van der Waals surface area contributed by atoms with E-state index in [4.69, 9.17) is 15.8 Å². The average molecular weight is 260 g/mol. The van der Waals surface area contributed by atoms with E-state index in [0.29, 0.717) is 6.07 Å². The highest BCUT2D eigenvalue weighted by Crippen LogP contribution is 2.25. The van der Waals surface area contributed by atoms with Crippen LogP contribution in [0.4, 0.5) is 8.78 Å². The summed E-state index contributed by atoms with van der Waals surface area (Å²) in [6.07, 6.45) is -3.07. The molecule has 0 spiro atoms. The predicted molar refractivity (Wildman–Crippen MR) is 46.7 cm³/mol. The highest BCUT2D eigenvalue weighted by molar-refractivity contribution is 8.13. The lowest BCUT2D eigenvalue weighted by Gasteiger charge is -2.03. The molecule has 0 bridgehead atoms. The molecule has 0 unspecified atom stereocenters. The minimum atomic E-state index is -4.44. The number of hydrogen-bond donors (Lipinski definition) is 2. The summed E-state index contributed by atoms with van der Waals surface area (Å²) in [5, 5.41) is 8.99. The smallest absolute Gasteiger partial charge is 0.291 e. The van der Waals surface area contributed by atoms with Crippen LogP contribution < -0.4 is 5.56 Å². The number of halogens is 3. The maximum Gasteiger partial charge on any atom is 0.291 e. The van der Waals surface area contributed by atoms with Gasteiger partial charge in [0.25, 0.3) is 21.0 Å². The largest absolute Gasteiger partial charge is 0.502 e. The summed E-state index contributed by atoms with van der Waals surface area (Å²) in [6, 6.07) is 0.406. The molecule has 2 N–H and O–H groups in total. The van der Waals surface area contributed by atoms with Gasteiger partial charge in [-0.1, -0.05) is 0 Å². The highest BCUT2D eigenvalue weighted by Gasteiger charge is 2.22. The van der Waals surface area contributed by atoms with Crippen molar-refractivity contribution in [2.45, 2.75) is 11.3 Å². The van der Waals surface area contributed by atoms with Crippen molar-refractivity contribution in [3.63, 3.8) is 0 Å². The van der Waals surface area contributed by atoms with Crippen LogP contribution in [-0.4, -0.2) is 18.5 Å². The SMILES string of the molecule is O=c1[nH]c(C(F)F)cc(S(=O)(=O)Cl)c1O. The zero-order chi connectivity index (χ0) is 11.8. The summed E-state index contributed by atoms with van der Waals surface area (Å²) in [5.74, 6) is -1.21. The van der Waals surface area contributed by atoms with E-state index in [1.54, 1.807) is 4.98 Å². The molecule has 84 valence electrons. The van der Waals surface area contributed by atoms with Crippen LogP contribution in [0.25, 0.3) is 0 Å². The van der Waals surface area contributed by atoms with Gasteiger partial charge < -0.3 is 10.1 Å². The van der Waals surface area contributed by atoms with Gasteiger partial charge in [-0.25, -0.2) is 17.2 Å². The lowest BCUT2D eigenvalue weighted by Crippen LogP contribution is -2.12. The molecule has 0 aromatic carbocycles. The van der Waals surface area contributed by atoms with Gasteiger partial charge in [0.05, 0.1) is 5.69 Å². The van der Waals surface area contributed by atoms with E-state index >= 15 is 0 Å². The Kier molecular flexibility index (Phi) is 3.00. The van der Waals surface area contributed by atoms with E-state index in [-0.39, 0.29) is 0 Å². The van der Waals surface area contributed by atoms with Crippen LogP contribution in [-0.2, 0) is 9.05 Å². The van der Waals surface area contributed by atoms with Gasteiger partial charge in [-0.2, -0.15) is 0 Å². The first kappa shape index (κ1) is 11.9. The zero-order valence-electron chi connectivity index (χ0n) is 6.87. The molecule has 0 fully saturated rings. The van der Waals surface area contributed by atoms with Crippen LogP contribution in [0.1, 0.15) is 12.1 Å². The van der Waals surface area contributed by atoms with Crippen molar-refractivity contribution < 1.29 is 22.3 Å². The van der Waals surface area contributed by atoms with Crippen LogP contribution in [0.5, 0.6) is 5.75 Å². The molecule has 0 amide bonds. The number of aromatic amines is 1. The van der Waals surface area contributed by atoms with E-state index in [2.05, 4.69) is 0 Å². The third-order valence-corrected chi connectivity index (χ3v) is 2.83. The molecule has 0 radical (unpaired) electrons. The molecule has 0 atom stereocenters. The van der Waals surface area contributed by atoms with E-state index in [0.717, 1.165) is 0 Å². The zero-order valence-corrected chi connectivity index (χ0v) is 8.44. The van der Waals surface area contributed by atoms with E-state index < -0.39 is 37.4 Å². The summed E-state index contributed by atoms with van der Waals surface area (Å²) in [4.78, 5) is 11.4. The predicted octanol–water partition coefficient (Wildman–Crippen LogP) is 0.946. The number of nitrogens with one attached hydrogen (secondary N) is 1. The van der Waals surface area contributed by atoms with Crippen LogP contribution in [0, 0.1) is 0 Å². The molecule has 0 aliphatic rings. The molecular weight excluding hydrogens is 256 g/mol. The summed E-state index contributed by atoms with van der Waals surface area (Å²) in [5.41, 5.74) is -2.27. The lowest BCUT2D eigenvalue weighted by molar-refractivity contribution is 0.145. The number of pyridine rings is 1. The first-order chi connectivity index (χ1) is 6.73. The molecule has 5 nitrogen and oxygen atoms in total. The van der Waals surface area contributed by atoms with Crippen molar-refractivity contribution in [3.05, 3.63) is 22.1 Å². The van der Waals surface area contributed by atoms with Crippen LogP contribution in [0.3, 0.4) is 0 Å². The highest BCUT2D eigenvalue weighted by atomic mass is 35.7. The second-order valence-corrected chi connectivity index (χ2v) is 5.04. The minimum Gasteiger partial charge on any atom is -0.502 e. The minimum absolute atomic E-state index is 0.406. The summed E-state index contributed by atoms with van der Waals surface area (Å²) < 4.78 is 45.9. The fourth-order valence-electron chi connectivity index (χ4n) is 0.851. The molecule has 0 saturated carbocycles. The van der Waals surface area contributed by atoms with Gasteiger partial charge in [0, 0.05) is 10.7 Å². The topological polar surface area (TPSA) is 87.2 Å². The molecule has 0 aliphatic heterocycles. The van der Waals surface area contributed by atoms with Crippen molar-refractivity contribution >= 4 is 19.7 Å². The van der Waals surface area contributed by atoms with Gasteiger partial charge in [-0.15, -0.1) is 0 Å². The lowest BCUT2D eigenvalue weighted by atomic mass is 10.3. The van der Waals surface area contributed by atoms with Gasteiger partial charge in [-0.3, -0.25) is 4.79 Å². The Hall–Kier alpha value is -1.15. The van der Waals surface area contributed by atoms with Crippen molar-refractivity contribution in [1.82, 2.24) is 4.98 Å². The van der Waals surface area contributed by atoms with Gasteiger partial charge in [0.2, 0.25) is 5.75 Å². The normalized spacial score (nSPS) is 12.0. The molecule has 1 aromatic rings. The Balaban J connectivity index is 3.60. The summed E-state index contributed by atoms with van der Waals surface area (Å²) >= 11 is 0. The van der Waals surface area contributed by atoms with Crippen LogP contribution in [0.2, 0.25) is 0 Å². The number of rotatable bonds is 2. The molecule has 9 heteroatoms. The molecule has 0 saturated heterocycles. The van der Waals surface area contributed by atoms with Gasteiger partial charge in [-0.05, 0) is 6.07 Å². The number of hydrogen-bond acceptors (Lipinski definition) is 4. The van der Waals surface area contributed by atoms with Crippen LogP contribution >= 0.6 is 10.7 Å². The summed E-state index contributed by atoms with van der Waals surface area (Å²) in [6.45, 7) is 0. The third-order valence-electron chi connectivity index (χ3n) is 1.49. The first-order valence-electron chi connectivity index (χ1n) is 3.42. The van der Waals surface area contributed by atoms with Crippen molar-refractivity contribution in [2.75, 3.05) is 0 Å². The van der Waals surface area contributed by atoms with E-state index in [9.17, 15) is 22.0 Å². The first-order valence-corrected chi connectivity index (χ1v) is 5.73. The number of aromatic nitrogens is 1. The Bertz CT molecular complexity index is 539. The fraction of sp³-hybridized carbons (Fsp3) is 0.167. The Morgan fingerprint density at radius 1 is 1.47 bits per heavy atom. The second kappa shape index (κ2) is 3.78. The maximum absolute atomic E-state index is 12.2. The molecule has 0 aliphatic carbocycles. The quantitative estimate of drug-likeness (QED) is 0.774. The fourth-order valence-corrected chi connectivity index (χ4v) is 1.80. The molecule has 1 rings (SSSR count). The molecule has 15 heavy (non-hydrogen) atoms. The van der Waals surface area contributed by atoms with Crippen molar-refractivity contribution in [1.29, 1.82) is 0 Å². The van der Waals surface area contributed by atoms with Crippen LogP contribution in [0.15, 0.2) is 15.8 Å². The number of alkyl halides is 2. The molecule has 1 heterocycles. The standard InChI is InChI=1S/C6H4ClF2NO4S/c7-15(13,14)3-1-2(5(8)9)10-6(12)4(3)11/h1,5,11H,(H,10,12). The Morgan fingerprint density at radius 3 is 2.40 bits per heavy atom. The second-order valence-electron chi connectivity index (χ2n) is 2.51. The van der Waals surface area contributed by atoms with Gasteiger partial charge in [0.1, 0.15) is 4.90 Å². The summed E-state index contributed by atoms with van der Waals surface area (Å²) in [7, 11) is 0.384. The Labute approximate surface area is 86.7 Å². The van der Waals surface area contributed by atoms with Crippen molar-refractivity contribution in [2.24, 2.45) is 0 Å². The van der Waals surface area contributed by atoms with E-state index in [1.807, 2.05) is 0 Å². The monoisotopic (exact) mass is 259 g/mol. The maximum atomic E-state index is 12.2. The van der Waals surface area contributed by atoms with E-state index in [1.165, 1.54) is 0 Å². The third kappa shape index (κ3) is 2.45.